The van der Waals surface area contributed by atoms with E-state index in [0.717, 1.165) is 23.8 Å². The van der Waals surface area contributed by atoms with Gasteiger partial charge in [0.15, 0.2) is 0 Å². The average Bonchev–Trinajstić information content (AvgIpc) is 2.78. The van der Waals surface area contributed by atoms with E-state index in [1.54, 1.807) is 0 Å². The van der Waals surface area contributed by atoms with E-state index in [-0.39, 0.29) is 16.5 Å². The maximum Gasteiger partial charge on any atom is 0.416 e. The molecular formula is C24H22F3N3O3S. The van der Waals surface area contributed by atoms with Gasteiger partial charge in [0.2, 0.25) is 10.0 Å². The molecule has 1 amide bonds. The van der Waals surface area contributed by atoms with Gasteiger partial charge in [-0.1, -0.05) is 38.1 Å². The SMILES string of the molecule is CC(C)c1ccc(NC(=O)c2ccc(C3Nc4cc(C(F)(F)F)ccc4S(=O)(=O)N3)cc2)cc1. The molecule has 0 radical (unpaired) electrons. The second-order valence-electron chi connectivity index (χ2n) is 8.26. The first-order valence-corrected chi connectivity index (χ1v) is 11.9. The molecule has 0 saturated carbocycles. The van der Waals surface area contributed by atoms with Crippen LogP contribution in [0.5, 0.6) is 0 Å². The first-order valence-electron chi connectivity index (χ1n) is 10.5. The van der Waals surface area contributed by atoms with Crippen LogP contribution in [0.15, 0.2) is 71.6 Å². The van der Waals surface area contributed by atoms with Crippen LogP contribution in [0, 0.1) is 0 Å². The van der Waals surface area contributed by atoms with Crippen molar-refractivity contribution in [2.75, 3.05) is 10.6 Å². The van der Waals surface area contributed by atoms with Gasteiger partial charge in [-0.2, -0.15) is 17.9 Å². The van der Waals surface area contributed by atoms with Crippen molar-refractivity contribution in [3.8, 4) is 0 Å². The predicted molar refractivity (Wildman–Crippen MR) is 123 cm³/mol. The Hall–Kier alpha value is -3.37. The Labute approximate surface area is 195 Å². The monoisotopic (exact) mass is 489 g/mol. The molecule has 0 spiro atoms. The van der Waals surface area contributed by atoms with Crippen LogP contribution in [0.25, 0.3) is 0 Å². The Kier molecular flexibility index (Phi) is 6.13. The number of alkyl halides is 3. The number of rotatable bonds is 4. The van der Waals surface area contributed by atoms with Crippen LogP contribution in [0.3, 0.4) is 0 Å². The molecule has 4 rings (SSSR count). The first-order chi connectivity index (χ1) is 15.9. The Bertz CT molecular complexity index is 1320. The summed E-state index contributed by atoms with van der Waals surface area (Å²) < 4.78 is 66.8. The van der Waals surface area contributed by atoms with Crippen LogP contribution in [0.1, 0.15) is 53.0 Å². The fourth-order valence-corrected chi connectivity index (χ4v) is 4.88. The molecule has 0 aromatic heterocycles. The van der Waals surface area contributed by atoms with Crippen molar-refractivity contribution >= 4 is 27.3 Å². The van der Waals surface area contributed by atoms with Crippen molar-refractivity contribution in [3.05, 3.63) is 89.0 Å². The summed E-state index contributed by atoms with van der Waals surface area (Å²) in [4.78, 5) is 12.3. The maximum absolute atomic E-state index is 13.1. The lowest BCUT2D eigenvalue weighted by molar-refractivity contribution is -0.137. The summed E-state index contributed by atoms with van der Waals surface area (Å²) in [5, 5.41) is 5.59. The summed E-state index contributed by atoms with van der Waals surface area (Å²) in [6.45, 7) is 4.15. The molecule has 0 saturated heterocycles. The minimum absolute atomic E-state index is 0.148. The van der Waals surface area contributed by atoms with Gasteiger partial charge in [0.1, 0.15) is 11.1 Å². The predicted octanol–water partition coefficient (Wildman–Crippen LogP) is 5.48. The van der Waals surface area contributed by atoms with Crippen molar-refractivity contribution in [1.82, 2.24) is 4.72 Å². The molecule has 3 aromatic carbocycles. The molecule has 1 atom stereocenters. The van der Waals surface area contributed by atoms with E-state index in [4.69, 9.17) is 0 Å². The second kappa shape index (κ2) is 8.77. The van der Waals surface area contributed by atoms with Crippen LogP contribution >= 0.6 is 0 Å². The van der Waals surface area contributed by atoms with E-state index in [1.165, 1.54) is 24.3 Å². The van der Waals surface area contributed by atoms with E-state index in [1.807, 2.05) is 24.3 Å². The lowest BCUT2D eigenvalue weighted by atomic mass is 10.0. The largest absolute Gasteiger partial charge is 0.416 e. The molecule has 1 unspecified atom stereocenters. The number of benzene rings is 3. The third-order valence-corrected chi connectivity index (χ3v) is 6.99. The molecule has 3 N–H and O–H groups in total. The molecule has 1 aliphatic heterocycles. The lowest BCUT2D eigenvalue weighted by Gasteiger charge is -2.29. The van der Waals surface area contributed by atoms with Gasteiger partial charge in [0, 0.05) is 11.3 Å². The third kappa shape index (κ3) is 4.92. The topological polar surface area (TPSA) is 87.3 Å². The molecule has 1 aliphatic rings. The third-order valence-electron chi connectivity index (χ3n) is 5.51. The number of carbonyl (C=O) groups excluding carboxylic acids is 1. The zero-order valence-electron chi connectivity index (χ0n) is 18.3. The van der Waals surface area contributed by atoms with Gasteiger partial charge < -0.3 is 10.6 Å². The summed E-state index contributed by atoms with van der Waals surface area (Å²) >= 11 is 0. The van der Waals surface area contributed by atoms with Crippen molar-refractivity contribution in [2.45, 2.75) is 37.0 Å². The highest BCUT2D eigenvalue weighted by Gasteiger charge is 2.35. The summed E-state index contributed by atoms with van der Waals surface area (Å²) in [6, 6.07) is 16.0. The Morgan fingerprint density at radius 1 is 0.971 bits per heavy atom. The van der Waals surface area contributed by atoms with Gasteiger partial charge >= 0.3 is 6.18 Å². The van der Waals surface area contributed by atoms with Gasteiger partial charge in [-0.25, -0.2) is 8.42 Å². The summed E-state index contributed by atoms with van der Waals surface area (Å²) in [5.41, 5.74) is 1.46. The summed E-state index contributed by atoms with van der Waals surface area (Å²) in [5.74, 6) is 0.0244. The normalized spacial score (nSPS) is 17.1. The minimum Gasteiger partial charge on any atom is -0.364 e. The van der Waals surface area contributed by atoms with E-state index < -0.39 is 27.9 Å². The van der Waals surface area contributed by atoms with Gasteiger partial charge in [-0.05, 0) is 59.5 Å². The maximum atomic E-state index is 13.1. The van der Waals surface area contributed by atoms with Crippen molar-refractivity contribution in [1.29, 1.82) is 0 Å². The fraction of sp³-hybridized carbons (Fsp3) is 0.208. The number of anilines is 2. The number of hydrogen-bond acceptors (Lipinski definition) is 4. The van der Waals surface area contributed by atoms with E-state index >= 15 is 0 Å². The van der Waals surface area contributed by atoms with Gasteiger partial charge in [0.05, 0.1) is 11.3 Å². The molecule has 10 heteroatoms. The molecule has 178 valence electrons. The number of hydrogen-bond donors (Lipinski definition) is 3. The Balaban J connectivity index is 1.52. The molecule has 0 aliphatic carbocycles. The highest BCUT2D eigenvalue weighted by atomic mass is 32.2. The molecule has 34 heavy (non-hydrogen) atoms. The standard InChI is InChI=1S/C24H22F3N3O3S/c1-14(2)15-7-10-19(11-8-15)28-23(31)17-5-3-16(4-6-17)22-29-20-13-18(24(25,26)27)9-12-21(20)34(32,33)30-22/h3-14,22,29-30H,1-2H3,(H,28,31). The van der Waals surface area contributed by atoms with E-state index in [0.29, 0.717) is 22.7 Å². The van der Waals surface area contributed by atoms with Gasteiger partial charge in [0.25, 0.3) is 5.91 Å². The zero-order chi connectivity index (χ0) is 24.7. The quantitative estimate of drug-likeness (QED) is 0.453. The molecule has 1 heterocycles. The van der Waals surface area contributed by atoms with Gasteiger partial charge in [-0.3, -0.25) is 4.79 Å². The number of carbonyl (C=O) groups is 1. The fourth-order valence-electron chi connectivity index (χ4n) is 3.59. The van der Waals surface area contributed by atoms with Crippen LogP contribution < -0.4 is 15.4 Å². The Morgan fingerprint density at radius 3 is 2.21 bits per heavy atom. The van der Waals surface area contributed by atoms with Gasteiger partial charge in [-0.15, -0.1) is 0 Å². The molecule has 0 fully saturated rings. The van der Waals surface area contributed by atoms with Crippen molar-refractivity contribution in [3.63, 3.8) is 0 Å². The highest BCUT2D eigenvalue weighted by Crippen LogP contribution is 2.37. The van der Waals surface area contributed by atoms with Crippen LogP contribution in [0.2, 0.25) is 0 Å². The zero-order valence-corrected chi connectivity index (χ0v) is 19.1. The van der Waals surface area contributed by atoms with Crippen molar-refractivity contribution < 1.29 is 26.4 Å². The van der Waals surface area contributed by atoms with Crippen LogP contribution in [-0.2, 0) is 16.2 Å². The molecular weight excluding hydrogens is 467 g/mol. The molecule has 6 nitrogen and oxygen atoms in total. The van der Waals surface area contributed by atoms with Crippen LogP contribution in [0.4, 0.5) is 24.5 Å². The van der Waals surface area contributed by atoms with E-state index in [2.05, 4.69) is 29.2 Å². The number of nitrogens with one attached hydrogen (secondary N) is 3. The van der Waals surface area contributed by atoms with Crippen molar-refractivity contribution in [2.24, 2.45) is 0 Å². The lowest BCUT2D eigenvalue weighted by Crippen LogP contribution is -2.38. The highest BCUT2D eigenvalue weighted by molar-refractivity contribution is 7.89. The second-order valence-corrected chi connectivity index (χ2v) is 9.94. The molecule has 3 aromatic rings. The number of amides is 1. The molecule has 0 bridgehead atoms. The number of sulfonamides is 1. The average molecular weight is 490 g/mol. The minimum atomic E-state index is -4.61. The Morgan fingerprint density at radius 2 is 1.62 bits per heavy atom. The summed E-state index contributed by atoms with van der Waals surface area (Å²) in [6.07, 6.45) is -5.60. The first kappa shape index (κ1) is 23.8. The summed E-state index contributed by atoms with van der Waals surface area (Å²) in [7, 11) is -4.04. The smallest absolute Gasteiger partial charge is 0.364 e. The number of halogens is 3. The number of fused-ring (bicyclic) bond motifs is 1. The van der Waals surface area contributed by atoms with E-state index in [9.17, 15) is 26.4 Å². The van der Waals surface area contributed by atoms with Crippen LogP contribution in [-0.4, -0.2) is 14.3 Å².